The molecule has 0 aromatic heterocycles. The molecule has 0 saturated carbocycles. The van der Waals surface area contributed by atoms with Crippen molar-refractivity contribution in [1.82, 2.24) is 4.90 Å². The first-order valence-electron chi connectivity index (χ1n) is 6.71. The summed E-state index contributed by atoms with van der Waals surface area (Å²) in [6, 6.07) is 4.91. The topological polar surface area (TPSA) is 29.3 Å². The molecule has 1 aliphatic rings. The summed E-state index contributed by atoms with van der Waals surface area (Å²) in [5.41, 5.74) is 6.74. The van der Waals surface area contributed by atoms with Gasteiger partial charge in [-0.15, -0.1) is 0 Å². The molecule has 0 radical (unpaired) electrons. The van der Waals surface area contributed by atoms with Crippen LogP contribution < -0.4 is 5.73 Å². The molecule has 1 aromatic carbocycles. The lowest BCUT2D eigenvalue weighted by atomic mass is 9.91. The van der Waals surface area contributed by atoms with Gasteiger partial charge in [0, 0.05) is 42.1 Å². The van der Waals surface area contributed by atoms with Gasteiger partial charge in [-0.2, -0.15) is 13.2 Å². The molecule has 0 aliphatic carbocycles. The van der Waals surface area contributed by atoms with E-state index >= 15 is 0 Å². The lowest BCUT2D eigenvalue weighted by molar-refractivity contribution is -0.148. The molecule has 1 aromatic rings. The van der Waals surface area contributed by atoms with E-state index in [4.69, 9.17) is 28.9 Å². The van der Waals surface area contributed by atoms with Crippen LogP contribution in [0.15, 0.2) is 18.2 Å². The molecular weight excluding hydrogens is 324 g/mol. The summed E-state index contributed by atoms with van der Waals surface area (Å²) in [6.07, 6.45) is -4.53. The average molecular weight is 341 g/mol. The van der Waals surface area contributed by atoms with Gasteiger partial charge >= 0.3 is 6.18 Å². The normalized spacial score (nSPS) is 24.3. The third-order valence-corrected chi connectivity index (χ3v) is 4.16. The van der Waals surface area contributed by atoms with Gasteiger partial charge in [0.25, 0.3) is 0 Å². The highest BCUT2D eigenvalue weighted by molar-refractivity contribution is 6.35. The Hall–Kier alpha value is -0.490. The summed E-state index contributed by atoms with van der Waals surface area (Å²) >= 11 is 11.9. The summed E-state index contributed by atoms with van der Waals surface area (Å²) in [5, 5.41) is 1.06. The Morgan fingerprint density at radius 3 is 2.57 bits per heavy atom. The second-order valence-electron chi connectivity index (χ2n) is 5.61. The molecule has 1 heterocycles. The smallest absolute Gasteiger partial charge is 0.327 e. The van der Waals surface area contributed by atoms with Crippen LogP contribution in [0.2, 0.25) is 10.0 Å². The van der Waals surface area contributed by atoms with Gasteiger partial charge in [0.15, 0.2) is 0 Å². The van der Waals surface area contributed by atoms with E-state index < -0.39 is 18.5 Å². The molecule has 2 nitrogen and oxygen atoms in total. The van der Waals surface area contributed by atoms with Gasteiger partial charge in [-0.1, -0.05) is 29.3 Å². The molecule has 0 amide bonds. The SMILES string of the molecule is NC1CC(CC(F)(F)F)CN(Cc2ccc(Cl)cc2Cl)C1. The molecule has 2 atom stereocenters. The van der Waals surface area contributed by atoms with E-state index in [9.17, 15) is 13.2 Å². The number of nitrogens with zero attached hydrogens (tertiary/aromatic N) is 1. The minimum absolute atomic E-state index is 0.239. The number of rotatable bonds is 3. The number of likely N-dealkylation sites (tertiary alicyclic amines) is 1. The first kappa shape index (κ1) is 16.9. The quantitative estimate of drug-likeness (QED) is 0.897. The van der Waals surface area contributed by atoms with Crippen LogP contribution in [0.1, 0.15) is 18.4 Å². The zero-order valence-electron chi connectivity index (χ0n) is 11.3. The van der Waals surface area contributed by atoms with Gasteiger partial charge < -0.3 is 5.73 Å². The monoisotopic (exact) mass is 340 g/mol. The van der Waals surface area contributed by atoms with E-state index in [-0.39, 0.29) is 6.04 Å². The van der Waals surface area contributed by atoms with E-state index in [1.54, 1.807) is 18.2 Å². The summed E-state index contributed by atoms with van der Waals surface area (Å²) < 4.78 is 37.6. The number of halogens is 5. The Labute approximate surface area is 132 Å². The van der Waals surface area contributed by atoms with Crippen LogP contribution >= 0.6 is 23.2 Å². The number of hydrogen-bond donors (Lipinski definition) is 1. The van der Waals surface area contributed by atoms with Crippen LogP contribution in [0.4, 0.5) is 13.2 Å². The van der Waals surface area contributed by atoms with Gasteiger partial charge in [-0.25, -0.2) is 0 Å². The molecule has 2 rings (SSSR count). The van der Waals surface area contributed by atoms with E-state index in [0.29, 0.717) is 36.1 Å². The number of benzene rings is 1. The zero-order chi connectivity index (χ0) is 15.6. The maximum absolute atomic E-state index is 12.5. The molecule has 2 unspecified atom stereocenters. The lowest BCUT2D eigenvalue weighted by Gasteiger charge is -2.36. The molecule has 7 heteroatoms. The zero-order valence-corrected chi connectivity index (χ0v) is 12.8. The molecule has 118 valence electrons. The number of hydrogen-bond acceptors (Lipinski definition) is 2. The summed E-state index contributed by atoms with van der Waals surface area (Å²) in [6.45, 7) is 1.44. The van der Waals surface area contributed by atoms with Crippen LogP contribution in [-0.2, 0) is 6.54 Å². The second-order valence-corrected chi connectivity index (χ2v) is 6.45. The fraction of sp³-hybridized carbons (Fsp3) is 0.571. The van der Waals surface area contributed by atoms with Crippen molar-refractivity contribution in [1.29, 1.82) is 0 Å². The highest BCUT2D eigenvalue weighted by Crippen LogP contribution is 2.31. The van der Waals surface area contributed by atoms with Crippen molar-refractivity contribution in [2.45, 2.75) is 31.6 Å². The molecule has 0 bridgehead atoms. The van der Waals surface area contributed by atoms with Crippen molar-refractivity contribution in [2.24, 2.45) is 11.7 Å². The molecule has 1 saturated heterocycles. The van der Waals surface area contributed by atoms with Crippen LogP contribution in [0.5, 0.6) is 0 Å². The van der Waals surface area contributed by atoms with Crippen LogP contribution in [0, 0.1) is 5.92 Å². The summed E-state index contributed by atoms with van der Waals surface area (Å²) in [5.74, 6) is -0.458. The minimum atomic E-state index is -4.15. The van der Waals surface area contributed by atoms with Gasteiger partial charge in [0.1, 0.15) is 0 Å². The van der Waals surface area contributed by atoms with Crippen molar-refractivity contribution in [2.75, 3.05) is 13.1 Å². The van der Waals surface area contributed by atoms with Gasteiger partial charge in [0.2, 0.25) is 0 Å². The van der Waals surface area contributed by atoms with Crippen molar-refractivity contribution in [3.63, 3.8) is 0 Å². The van der Waals surface area contributed by atoms with Gasteiger partial charge in [-0.05, 0) is 30.0 Å². The number of piperidine rings is 1. The highest BCUT2D eigenvalue weighted by atomic mass is 35.5. The van der Waals surface area contributed by atoms with Crippen LogP contribution in [-0.4, -0.2) is 30.2 Å². The van der Waals surface area contributed by atoms with Gasteiger partial charge in [-0.3, -0.25) is 4.90 Å². The maximum atomic E-state index is 12.5. The maximum Gasteiger partial charge on any atom is 0.389 e. The van der Waals surface area contributed by atoms with Crippen molar-refractivity contribution < 1.29 is 13.2 Å². The van der Waals surface area contributed by atoms with E-state index in [2.05, 4.69) is 0 Å². The third kappa shape index (κ3) is 5.33. The Morgan fingerprint density at radius 1 is 1.24 bits per heavy atom. The van der Waals surface area contributed by atoms with Gasteiger partial charge in [0.05, 0.1) is 0 Å². The highest BCUT2D eigenvalue weighted by Gasteiger charge is 2.35. The predicted octanol–water partition coefficient (Wildman–Crippen LogP) is 4.10. The minimum Gasteiger partial charge on any atom is -0.327 e. The first-order valence-corrected chi connectivity index (χ1v) is 7.47. The Kier molecular flexibility index (Phi) is 5.41. The van der Waals surface area contributed by atoms with Crippen molar-refractivity contribution in [3.8, 4) is 0 Å². The Morgan fingerprint density at radius 2 is 1.95 bits per heavy atom. The van der Waals surface area contributed by atoms with Crippen molar-refractivity contribution in [3.05, 3.63) is 33.8 Å². The second kappa shape index (κ2) is 6.73. The average Bonchev–Trinajstić information content (AvgIpc) is 2.29. The first-order chi connectivity index (χ1) is 9.73. The van der Waals surface area contributed by atoms with E-state index in [1.165, 1.54) is 0 Å². The summed E-state index contributed by atoms with van der Waals surface area (Å²) in [7, 11) is 0. The lowest BCUT2D eigenvalue weighted by Crippen LogP contribution is -2.47. The molecule has 1 aliphatic heterocycles. The van der Waals surface area contributed by atoms with Crippen molar-refractivity contribution >= 4 is 23.2 Å². The van der Waals surface area contributed by atoms with Crippen LogP contribution in [0.25, 0.3) is 0 Å². The molecule has 21 heavy (non-hydrogen) atoms. The molecule has 1 fully saturated rings. The summed E-state index contributed by atoms with van der Waals surface area (Å²) in [4.78, 5) is 1.93. The molecule has 2 N–H and O–H groups in total. The number of nitrogens with two attached hydrogens (primary N) is 1. The predicted molar refractivity (Wildman–Crippen MR) is 78.5 cm³/mol. The molecule has 0 spiro atoms. The fourth-order valence-electron chi connectivity index (χ4n) is 2.84. The Bertz CT molecular complexity index is 494. The third-order valence-electron chi connectivity index (χ3n) is 3.57. The van der Waals surface area contributed by atoms with E-state index in [1.807, 2.05) is 4.90 Å². The standard InChI is InChI=1S/C14H17Cl2F3N2/c15-11-2-1-10(13(16)4-11)7-21-6-9(3-12(20)8-21)5-14(17,18)19/h1-2,4,9,12H,3,5-8,20H2. The van der Waals surface area contributed by atoms with E-state index in [0.717, 1.165) is 5.56 Å². The largest absolute Gasteiger partial charge is 0.389 e. The fourth-order valence-corrected chi connectivity index (χ4v) is 3.31. The van der Waals surface area contributed by atoms with Crippen LogP contribution in [0.3, 0.4) is 0 Å². The number of alkyl halides is 3. The Balaban J connectivity index is 2.02. The molecular formula is C14H17Cl2F3N2.